The Morgan fingerprint density at radius 2 is 2.25 bits per heavy atom. The molecule has 2 rings (SSSR count). The molecule has 0 atom stereocenters. The lowest BCUT2D eigenvalue weighted by Crippen LogP contribution is -2.23. The van der Waals surface area contributed by atoms with E-state index in [0.29, 0.717) is 9.88 Å². The van der Waals surface area contributed by atoms with Gasteiger partial charge in [-0.1, -0.05) is 0 Å². The van der Waals surface area contributed by atoms with E-state index in [1.807, 2.05) is 0 Å². The summed E-state index contributed by atoms with van der Waals surface area (Å²) in [6.07, 6.45) is 0. The zero-order valence-electron chi connectivity index (χ0n) is 10.1. The molecule has 0 bridgehead atoms. The summed E-state index contributed by atoms with van der Waals surface area (Å²) in [5.41, 5.74) is -0.0846. The van der Waals surface area contributed by atoms with Crippen LogP contribution in [-0.2, 0) is 16.6 Å². The molecule has 0 fully saturated rings. The van der Waals surface area contributed by atoms with Gasteiger partial charge in [0.15, 0.2) is 5.69 Å². The Morgan fingerprint density at radius 1 is 1.55 bits per heavy atom. The number of hydrogen-bond donors (Lipinski definition) is 2. The van der Waals surface area contributed by atoms with Crippen LogP contribution in [0, 0.1) is 6.92 Å². The molecule has 0 amide bonds. The third kappa shape index (κ3) is 3.44. The number of thiazole rings is 1. The van der Waals surface area contributed by atoms with Gasteiger partial charge in [0.2, 0.25) is 10.0 Å². The average Bonchev–Trinajstić information content (AvgIpc) is 2.93. The number of carbonyl (C=O) groups is 1. The van der Waals surface area contributed by atoms with E-state index >= 15 is 0 Å². The number of nitrogens with zero attached hydrogens (tertiary/aromatic N) is 1. The minimum Gasteiger partial charge on any atom is -0.476 e. The molecule has 2 aromatic heterocycles. The molecule has 20 heavy (non-hydrogen) atoms. The zero-order chi connectivity index (χ0) is 14.9. The Labute approximate surface area is 131 Å². The molecule has 2 heterocycles. The number of sulfonamides is 1. The van der Waals surface area contributed by atoms with Gasteiger partial charge < -0.3 is 5.11 Å². The van der Waals surface area contributed by atoms with Crippen LogP contribution in [0.4, 0.5) is 0 Å². The van der Waals surface area contributed by atoms with Crippen molar-refractivity contribution >= 4 is 54.6 Å². The van der Waals surface area contributed by atoms with Crippen molar-refractivity contribution in [2.75, 3.05) is 0 Å². The van der Waals surface area contributed by atoms with Gasteiger partial charge in [0.1, 0.15) is 5.01 Å². The number of rotatable bonds is 5. The zero-order valence-corrected chi connectivity index (χ0v) is 14.1. The number of aromatic carboxylic acids is 1. The average molecular weight is 397 g/mol. The van der Waals surface area contributed by atoms with Crippen LogP contribution >= 0.6 is 38.6 Å². The Hall–Kier alpha value is -0.810. The van der Waals surface area contributed by atoms with E-state index < -0.39 is 16.0 Å². The van der Waals surface area contributed by atoms with Crippen molar-refractivity contribution < 1.29 is 18.3 Å². The molecule has 0 radical (unpaired) electrons. The highest BCUT2D eigenvalue weighted by Crippen LogP contribution is 2.29. The number of carboxylic acid groups (broad SMARTS) is 1. The molecule has 0 saturated carbocycles. The molecule has 0 saturated heterocycles. The van der Waals surface area contributed by atoms with Gasteiger partial charge in [0.05, 0.1) is 15.2 Å². The van der Waals surface area contributed by atoms with E-state index in [0.717, 1.165) is 15.1 Å². The van der Waals surface area contributed by atoms with Gasteiger partial charge in [0.25, 0.3) is 0 Å². The van der Waals surface area contributed by atoms with Gasteiger partial charge in [-0.15, -0.1) is 22.7 Å². The molecular formula is C10H9BrN2O4S3. The number of aromatic nitrogens is 1. The maximum Gasteiger partial charge on any atom is 0.355 e. The second kappa shape index (κ2) is 5.90. The molecule has 0 unspecified atom stereocenters. The van der Waals surface area contributed by atoms with Crippen LogP contribution in [0.3, 0.4) is 0 Å². The molecule has 2 aromatic rings. The molecule has 0 aromatic carbocycles. The van der Waals surface area contributed by atoms with E-state index in [-0.39, 0.29) is 17.1 Å². The minimum atomic E-state index is -3.63. The first-order valence-corrected chi connectivity index (χ1v) is 9.20. The van der Waals surface area contributed by atoms with Crippen LogP contribution in [0.2, 0.25) is 0 Å². The highest BCUT2D eigenvalue weighted by molar-refractivity contribution is 9.11. The highest BCUT2D eigenvalue weighted by atomic mass is 79.9. The first-order chi connectivity index (χ1) is 9.29. The fraction of sp³-hybridized carbons (Fsp3) is 0.200. The molecular weight excluding hydrogens is 388 g/mol. The normalized spacial score (nSPS) is 11.7. The molecule has 0 aliphatic rings. The van der Waals surface area contributed by atoms with Crippen molar-refractivity contribution in [3.05, 3.63) is 30.8 Å². The van der Waals surface area contributed by atoms with Gasteiger partial charge >= 0.3 is 5.97 Å². The number of nitrogens with one attached hydrogen (secondary N) is 1. The van der Waals surface area contributed by atoms with Crippen molar-refractivity contribution in [1.82, 2.24) is 9.71 Å². The predicted octanol–water partition coefficient (Wildman–Crippen LogP) is 2.45. The van der Waals surface area contributed by atoms with Crippen LogP contribution in [0.15, 0.2) is 20.1 Å². The Morgan fingerprint density at radius 3 is 2.75 bits per heavy atom. The van der Waals surface area contributed by atoms with Gasteiger partial charge in [-0.2, -0.15) is 0 Å². The van der Waals surface area contributed by atoms with Gasteiger partial charge in [-0.05, 0) is 28.9 Å². The third-order valence-electron chi connectivity index (χ3n) is 2.32. The number of halogens is 1. The maximum atomic E-state index is 12.1. The van der Waals surface area contributed by atoms with Gasteiger partial charge in [-0.3, -0.25) is 0 Å². The Bertz CT molecular complexity index is 750. The molecule has 0 aliphatic heterocycles. The van der Waals surface area contributed by atoms with Crippen LogP contribution in [-0.4, -0.2) is 24.5 Å². The summed E-state index contributed by atoms with van der Waals surface area (Å²) >= 11 is 5.67. The number of aryl methyl sites for hydroxylation is 1. The first kappa shape index (κ1) is 15.6. The Kier molecular flexibility index (Phi) is 4.59. The summed E-state index contributed by atoms with van der Waals surface area (Å²) in [7, 11) is -3.63. The van der Waals surface area contributed by atoms with E-state index in [9.17, 15) is 13.2 Å². The summed E-state index contributed by atoms with van der Waals surface area (Å²) < 4.78 is 27.4. The van der Waals surface area contributed by atoms with E-state index in [4.69, 9.17) is 5.11 Å². The maximum absolute atomic E-state index is 12.1. The number of hydrogen-bond acceptors (Lipinski definition) is 6. The second-order valence-electron chi connectivity index (χ2n) is 3.73. The van der Waals surface area contributed by atoms with Crippen LogP contribution < -0.4 is 4.72 Å². The summed E-state index contributed by atoms with van der Waals surface area (Å²) in [5, 5.41) is 10.5. The Balaban J connectivity index is 2.13. The summed E-state index contributed by atoms with van der Waals surface area (Å²) in [4.78, 5) is 15.4. The smallest absolute Gasteiger partial charge is 0.355 e. The molecule has 6 nitrogen and oxygen atoms in total. The van der Waals surface area contributed by atoms with Crippen molar-refractivity contribution in [2.45, 2.75) is 18.4 Å². The lowest BCUT2D eigenvalue weighted by Gasteiger charge is -2.03. The fourth-order valence-corrected chi connectivity index (χ4v) is 5.62. The lowest BCUT2D eigenvalue weighted by atomic mass is 10.5. The van der Waals surface area contributed by atoms with Crippen molar-refractivity contribution in [2.24, 2.45) is 0 Å². The first-order valence-electron chi connectivity index (χ1n) is 5.23. The van der Waals surface area contributed by atoms with Crippen LogP contribution in [0.5, 0.6) is 0 Å². The number of carboxylic acids is 1. The monoisotopic (exact) mass is 396 g/mol. The fourth-order valence-electron chi connectivity index (χ4n) is 1.42. The van der Waals surface area contributed by atoms with E-state index in [1.54, 1.807) is 6.92 Å². The summed E-state index contributed by atoms with van der Waals surface area (Å²) in [6, 6.07) is 1.53. The molecule has 0 spiro atoms. The molecule has 0 aliphatic carbocycles. The third-order valence-corrected chi connectivity index (χ3v) is 6.37. The minimum absolute atomic E-state index is 0.0345. The van der Waals surface area contributed by atoms with Gasteiger partial charge in [-0.25, -0.2) is 22.9 Å². The van der Waals surface area contributed by atoms with Crippen molar-refractivity contribution in [1.29, 1.82) is 0 Å². The highest BCUT2D eigenvalue weighted by Gasteiger charge is 2.20. The number of thiophene rings is 1. The SMILES string of the molecule is Cc1sc(Br)cc1S(=O)(=O)NCc1nc(C(=O)O)cs1. The van der Waals surface area contributed by atoms with Crippen molar-refractivity contribution in [3.8, 4) is 0 Å². The second-order valence-corrected chi connectivity index (χ2v) is 9.04. The lowest BCUT2D eigenvalue weighted by molar-refractivity contribution is 0.0691. The standard InChI is InChI=1S/C10H9BrN2O4S3/c1-5-7(2-8(11)19-5)20(16,17)12-3-9-13-6(4-18-9)10(14)15/h2,4,12H,3H2,1H3,(H,14,15). The summed E-state index contributed by atoms with van der Waals surface area (Å²) in [5.74, 6) is -1.13. The summed E-state index contributed by atoms with van der Waals surface area (Å²) in [6.45, 7) is 1.68. The van der Waals surface area contributed by atoms with Crippen LogP contribution in [0.1, 0.15) is 20.4 Å². The van der Waals surface area contributed by atoms with E-state index in [2.05, 4.69) is 25.6 Å². The van der Waals surface area contributed by atoms with Crippen molar-refractivity contribution in [3.63, 3.8) is 0 Å². The molecule has 2 N–H and O–H groups in total. The topological polar surface area (TPSA) is 96.4 Å². The quantitative estimate of drug-likeness (QED) is 0.808. The van der Waals surface area contributed by atoms with Crippen LogP contribution in [0.25, 0.3) is 0 Å². The largest absolute Gasteiger partial charge is 0.476 e. The molecule has 10 heteroatoms. The molecule has 108 valence electrons. The predicted molar refractivity (Wildman–Crippen MR) is 79.9 cm³/mol. The van der Waals surface area contributed by atoms with Gasteiger partial charge in [0, 0.05) is 10.3 Å². The van der Waals surface area contributed by atoms with E-state index in [1.165, 1.54) is 22.8 Å².